The van der Waals surface area contributed by atoms with Crippen LogP contribution in [0.15, 0.2) is 91.3 Å². The third-order valence-electron chi connectivity index (χ3n) is 6.42. The first-order valence-corrected chi connectivity index (χ1v) is 15.8. The molecule has 0 radical (unpaired) electrons. The van der Waals surface area contributed by atoms with Crippen molar-refractivity contribution in [2.45, 2.75) is 38.3 Å². The number of thiazole rings is 1. The monoisotopic (exact) mass is 575 g/mol. The molecule has 0 aliphatic carbocycles. The zero-order chi connectivity index (χ0) is 25.7. The summed E-state index contributed by atoms with van der Waals surface area (Å²) in [4.78, 5) is 31.8. The first kappa shape index (κ1) is 25.5. The largest absolute Gasteiger partial charge is 0.315 e. The van der Waals surface area contributed by atoms with Gasteiger partial charge in [0, 0.05) is 38.4 Å². The molecule has 1 N–H and O–H groups in total. The van der Waals surface area contributed by atoms with Crippen molar-refractivity contribution in [3.8, 4) is 0 Å². The average Bonchev–Trinajstić information content (AvgIpc) is 3.62. The molecule has 1 fully saturated rings. The Hall–Kier alpha value is -2.76. The minimum absolute atomic E-state index is 0.434. The standard InChI is InChI=1S/C28H25N5OS4/c34-14-13-33-11-7-19(8-12-33)23-18-36-28(31-23)32-27-25(37-20-4-2-1-3-5-20)16-21(17-30-27)38-24-6-10-29-22-9-15-35-26(22)24/h1-6,9-10,14-19H,7-8,11-13H2,(H,30,31,32). The van der Waals surface area contributed by atoms with Crippen molar-refractivity contribution in [3.63, 3.8) is 0 Å². The quantitative estimate of drug-likeness (QED) is 0.180. The van der Waals surface area contributed by atoms with Crippen LogP contribution in [0.25, 0.3) is 10.2 Å². The minimum atomic E-state index is 0.434. The molecule has 4 aromatic heterocycles. The van der Waals surface area contributed by atoms with Gasteiger partial charge in [-0.25, -0.2) is 9.97 Å². The van der Waals surface area contributed by atoms with E-state index in [-0.39, 0.29) is 0 Å². The lowest BCUT2D eigenvalue weighted by atomic mass is 9.94. The molecule has 10 heteroatoms. The molecule has 38 heavy (non-hydrogen) atoms. The summed E-state index contributed by atoms with van der Waals surface area (Å²) in [6.07, 6.45) is 6.85. The lowest BCUT2D eigenvalue weighted by Gasteiger charge is -2.29. The van der Waals surface area contributed by atoms with Gasteiger partial charge in [0.25, 0.3) is 0 Å². The number of anilines is 2. The molecule has 1 aliphatic rings. The fraction of sp³-hybridized carbons (Fsp3) is 0.214. The molecule has 0 amide bonds. The van der Waals surface area contributed by atoms with Crippen molar-refractivity contribution >= 4 is 73.6 Å². The number of piperidine rings is 1. The van der Waals surface area contributed by atoms with E-state index in [1.165, 1.54) is 9.60 Å². The van der Waals surface area contributed by atoms with Crippen molar-refractivity contribution in [1.82, 2.24) is 19.9 Å². The number of aromatic nitrogens is 3. The number of carbonyl (C=O) groups is 1. The maximum Gasteiger partial charge on any atom is 0.188 e. The van der Waals surface area contributed by atoms with E-state index >= 15 is 0 Å². The molecule has 0 spiro atoms. The highest BCUT2D eigenvalue weighted by atomic mass is 32.2. The lowest BCUT2D eigenvalue weighted by Crippen LogP contribution is -2.34. The van der Waals surface area contributed by atoms with Crippen LogP contribution in [0.2, 0.25) is 0 Å². The fourth-order valence-electron chi connectivity index (χ4n) is 4.48. The van der Waals surface area contributed by atoms with E-state index in [2.05, 4.69) is 68.4 Å². The Morgan fingerprint density at radius 3 is 2.68 bits per heavy atom. The normalized spacial score (nSPS) is 14.6. The second-order valence-electron chi connectivity index (χ2n) is 8.92. The molecule has 1 saturated heterocycles. The summed E-state index contributed by atoms with van der Waals surface area (Å²) in [5.41, 5.74) is 2.16. The Bertz CT molecular complexity index is 1530. The van der Waals surface area contributed by atoms with Gasteiger partial charge < -0.3 is 10.1 Å². The molecular formula is C28H25N5OS4. The summed E-state index contributed by atoms with van der Waals surface area (Å²) in [5.74, 6) is 1.24. The number of likely N-dealkylation sites (tertiary alicyclic amines) is 1. The molecule has 0 bridgehead atoms. The Labute approximate surface area is 237 Å². The Morgan fingerprint density at radius 1 is 1.00 bits per heavy atom. The van der Waals surface area contributed by atoms with Crippen molar-refractivity contribution in [3.05, 3.63) is 77.4 Å². The van der Waals surface area contributed by atoms with Crippen molar-refractivity contribution in [2.75, 3.05) is 25.0 Å². The highest BCUT2D eigenvalue weighted by Gasteiger charge is 2.22. The second kappa shape index (κ2) is 12.0. The Morgan fingerprint density at radius 2 is 1.84 bits per heavy atom. The Kier molecular flexibility index (Phi) is 8.03. The number of pyridine rings is 2. The molecule has 5 heterocycles. The summed E-state index contributed by atoms with van der Waals surface area (Å²) < 4.78 is 1.20. The molecule has 6 nitrogen and oxygen atoms in total. The average molecular weight is 576 g/mol. The molecule has 6 rings (SSSR count). The lowest BCUT2D eigenvalue weighted by molar-refractivity contribution is -0.109. The topological polar surface area (TPSA) is 71.0 Å². The number of carbonyl (C=O) groups excluding carboxylic acids is 1. The van der Waals surface area contributed by atoms with E-state index in [1.54, 1.807) is 46.2 Å². The first-order chi connectivity index (χ1) is 18.7. The molecule has 1 aromatic carbocycles. The SMILES string of the molecule is O=CCN1CCC(c2csc(Nc3ncc(Sc4ccnc5ccsc45)cc3Sc3ccccc3)n2)CC1. The number of benzene rings is 1. The summed E-state index contributed by atoms with van der Waals surface area (Å²) in [6, 6.07) is 16.7. The predicted octanol–water partition coefficient (Wildman–Crippen LogP) is 7.57. The number of aldehydes is 1. The predicted molar refractivity (Wildman–Crippen MR) is 158 cm³/mol. The third-order valence-corrected chi connectivity index (χ3v) is 10.3. The van der Waals surface area contributed by atoms with Crippen LogP contribution in [0.5, 0.6) is 0 Å². The Balaban J connectivity index is 1.23. The van der Waals surface area contributed by atoms with Crippen molar-refractivity contribution < 1.29 is 4.79 Å². The number of thiophene rings is 1. The zero-order valence-corrected chi connectivity index (χ0v) is 23.7. The molecule has 5 aromatic rings. The van der Waals surface area contributed by atoms with Crippen LogP contribution in [0.3, 0.4) is 0 Å². The number of hydrogen-bond donors (Lipinski definition) is 1. The van der Waals surface area contributed by atoms with E-state index in [4.69, 9.17) is 9.97 Å². The van der Waals surface area contributed by atoms with Crippen LogP contribution in [-0.4, -0.2) is 45.8 Å². The fourth-order valence-corrected chi connectivity index (χ4v) is 8.17. The van der Waals surface area contributed by atoms with Crippen LogP contribution in [-0.2, 0) is 4.79 Å². The van der Waals surface area contributed by atoms with Gasteiger partial charge in [-0.05, 0) is 61.6 Å². The summed E-state index contributed by atoms with van der Waals surface area (Å²) in [7, 11) is 0. The van der Waals surface area contributed by atoms with Gasteiger partial charge in [0.2, 0.25) is 0 Å². The number of nitrogens with zero attached hydrogens (tertiary/aromatic N) is 4. The molecule has 0 atom stereocenters. The van der Waals surface area contributed by atoms with Crippen molar-refractivity contribution in [2.24, 2.45) is 0 Å². The van der Waals surface area contributed by atoms with Gasteiger partial charge in [0.05, 0.1) is 27.4 Å². The summed E-state index contributed by atoms with van der Waals surface area (Å²) in [5, 5.41) is 8.60. The van der Waals surface area contributed by atoms with Gasteiger partial charge >= 0.3 is 0 Å². The molecular weight excluding hydrogens is 551 g/mol. The van der Waals surface area contributed by atoms with Crippen LogP contribution >= 0.6 is 46.2 Å². The number of nitrogens with one attached hydrogen (secondary N) is 1. The van der Waals surface area contributed by atoms with Gasteiger partial charge in [0.15, 0.2) is 5.13 Å². The van der Waals surface area contributed by atoms with Crippen LogP contribution < -0.4 is 5.32 Å². The van der Waals surface area contributed by atoms with Crippen molar-refractivity contribution in [1.29, 1.82) is 0 Å². The molecule has 192 valence electrons. The van der Waals surface area contributed by atoms with Crippen LogP contribution in [0.4, 0.5) is 10.9 Å². The van der Waals surface area contributed by atoms with E-state index in [9.17, 15) is 4.79 Å². The smallest absolute Gasteiger partial charge is 0.188 e. The van der Waals surface area contributed by atoms with Gasteiger partial charge in [-0.1, -0.05) is 41.7 Å². The van der Waals surface area contributed by atoms with E-state index in [0.29, 0.717) is 12.5 Å². The molecule has 1 aliphatic heterocycles. The molecule has 0 unspecified atom stereocenters. The summed E-state index contributed by atoms with van der Waals surface area (Å²) in [6.45, 7) is 2.41. The van der Waals surface area contributed by atoms with Gasteiger partial charge in [-0.2, -0.15) is 0 Å². The maximum atomic E-state index is 10.8. The summed E-state index contributed by atoms with van der Waals surface area (Å²) >= 11 is 6.75. The van der Waals surface area contributed by atoms with Gasteiger partial charge in [-0.15, -0.1) is 22.7 Å². The van der Waals surface area contributed by atoms with Gasteiger partial charge in [0.1, 0.15) is 12.1 Å². The highest BCUT2D eigenvalue weighted by Crippen LogP contribution is 2.40. The van der Waals surface area contributed by atoms with E-state index < -0.39 is 0 Å². The second-order valence-corrected chi connectivity index (χ2v) is 12.9. The number of rotatable bonds is 9. The number of fused-ring (bicyclic) bond motifs is 1. The third kappa shape index (κ3) is 5.94. The first-order valence-electron chi connectivity index (χ1n) is 12.4. The van der Waals surface area contributed by atoms with Crippen LogP contribution in [0.1, 0.15) is 24.5 Å². The molecule has 0 saturated carbocycles. The van der Waals surface area contributed by atoms with E-state index in [0.717, 1.165) is 69.1 Å². The highest BCUT2D eigenvalue weighted by molar-refractivity contribution is 8.00. The van der Waals surface area contributed by atoms with Gasteiger partial charge in [-0.3, -0.25) is 9.88 Å². The zero-order valence-electron chi connectivity index (χ0n) is 20.4. The number of hydrogen-bond acceptors (Lipinski definition) is 10. The van der Waals surface area contributed by atoms with E-state index in [1.807, 2.05) is 18.5 Å². The van der Waals surface area contributed by atoms with Crippen LogP contribution in [0, 0.1) is 0 Å². The maximum absolute atomic E-state index is 10.8. The minimum Gasteiger partial charge on any atom is -0.315 e.